The largest absolute Gasteiger partial charge is 0.401 e. The third-order valence-corrected chi connectivity index (χ3v) is 2.46. The molecular weight excluding hydrogens is 245 g/mol. The van der Waals surface area contributed by atoms with E-state index in [-0.39, 0.29) is 6.42 Å². The van der Waals surface area contributed by atoms with Gasteiger partial charge in [-0.1, -0.05) is 30.3 Å². The fourth-order valence-corrected chi connectivity index (χ4v) is 1.54. The van der Waals surface area contributed by atoms with Gasteiger partial charge in [0.15, 0.2) is 0 Å². The average Bonchev–Trinajstić information content (AvgIpc) is 2.28. The van der Waals surface area contributed by atoms with Crippen LogP contribution in [0.15, 0.2) is 30.3 Å². The number of hydrogen-bond acceptors (Lipinski definition) is 2. The molecule has 0 radical (unpaired) electrons. The van der Waals surface area contributed by atoms with Crippen molar-refractivity contribution in [1.29, 1.82) is 0 Å². The summed E-state index contributed by atoms with van der Waals surface area (Å²) in [5, 5.41) is 2.13. The smallest absolute Gasteiger partial charge is 0.368 e. The zero-order chi connectivity index (χ0) is 13.6. The van der Waals surface area contributed by atoms with Crippen LogP contribution in [0, 0.1) is 0 Å². The lowest BCUT2D eigenvalue weighted by Crippen LogP contribution is -2.45. The maximum Gasteiger partial charge on any atom is 0.401 e. The molecule has 0 bridgehead atoms. The highest BCUT2D eigenvalue weighted by molar-refractivity contribution is 5.79. The molecule has 0 heterocycles. The third kappa shape index (κ3) is 5.67. The molecule has 100 valence electrons. The number of primary amides is 1. The fraction of sp³-hybridized carbons (Fsp3) is 0.417. The number of alkyl halides is 3. The van der Waals surface area contributed by atoms with Gasteiger partial charge in [-0.05, 0) is 18.4 Å². The second kappa shape index (κ2) is 6.39. The maximum atomic E-state index is 12.0. The molecule has 0 spiro atoms. The van der Waals surface area contributed by atoms with Gasteiger partial charge >= 0.3 is 6.18 Å². The first-order valence-electron chi connectivity index (χ1n) is 5.52. The molecular formula is C12H15F3N2O. The molecule has 1 unspecified atom stereocenters. The van der Waals surface area contributed by atoms with E-state index in [1.807, 2.05) is 30.3 Å². The van der Waals surface area contributed by atoms with E-state index >= 15 is 0 Å². The molecule has 3 N–H and O–H groups in total. The summed E-state index contributed by atoms with van der Waals surface area (Å²) in [6.45, 7) is -1.21. The van der Waals surface area contributed by atoms with Crippen molar-refractivity contribution in [2.24, 2.45) is 5.73 Å². The van der Waals surface area contributed by atoms with Crippen LogP contribution in [0.25, 0.3) is 0 Å². The van der Waals surface area contributed by atoms with Gasteiger partial charge in [0.25, 0.3) is 0 Å². The lowest BCUT2D eigenvalue weighted by molar-refractivity contribution is -0.130. The molecule has 0 aliphatic heterocycles. The summed E-state index contributed by atoms with van der Waals surface area (Å²) in [6, 6.07) is 8.24. The van der Waals surface area contributed by atoms with Gasteiger partial charge in [0.1, 0.15) is 0 Å². The lowest BCUT2D eigenvalue weighted by atomic mass is 10.0. The SMILES string of the molecule is NC(=O)C(CCc1ccccc1)NCC(F)(F)F. The average molecular weight is 260 g/mol. The predicted molar refractivity (Wildman–Crippen MR) is 61.8 cm³/mol. The van der Waals surface area contributed by atoms with E-state index in [2.05, 4.69) is 5.32 Å². The van der Waals surface area contributed by atoms with Crippen molar-refractivity contribution in [2.75, 3.05) is 6.54 Å². The van der Waals surface area contributed by atoms with Gasteiger partial charge in [-0.15, -0.1) is 0 Å². The quantitative estimate of drug-likeness (QED) is 0.816. The normalized spacial score (nSPS) is 13.3. The van der Waals surface area contributed by atoms with Crippen molar-refractivity contribution < 1.29 is 18.0 Å². The van der Waals surface area contributed by atoms with Crippen molar-refractivity contribution in [3.8, 4) is 0 Å². The molecule has 3 nitrogen and oxygen atoms in total. The third-order valence-electron chi connectivity index (χ3n) is 2.46. The number of hydrogen-bond donors (Lipinski definition) is 2. The van der Waals surface area contributed by atoms with Gasteiger partial charge in [0.2, 0.25) is 5.91 Å². The molecule has 6 heteroatoms. The second-order valence-electron chi connectivity index (χ2n) is 3.98. The monoisotopic (exact) mass is 260 g/mol. The highest BCUT2D eigenvalue weighted by atomic mass is 19.4. The van der Waals surface area contributed by atoms with Crippen LogP contribution in [0.2, 0.25) is 0 Å². The zero-order valence-corrected chi connectivity index (χ0v) is 9.70. The van der Waals surface area contributed by atoms with Crippen LogP contribution in [0.3, 0.4) is 0 Å². The molecule has 0 aliphatic rings. The first kappa shape index (κ1) is 14.5. The Bertz CT molecular complexity index is 379. The molecule has 0 saturated heterocycles. The Labute approximate surface area is 103 Å². The van der Waals surface area contributed by atoms with Gasteiger partial charge in [-0.3, -0.25) is 10.1 Å². The summed E-state index contributed by atoms with van der Waals surface area (Å²) in [5.74, 6) is -0.768. The van der Waals surface area contributed by atoms with Gasteiger partial charge in [-0.2, -0.15) is 13.2 Å². The van der Waals surface area contributed by atoms with Crippen LogP contribution in [0.5, 0.6) is 0 Å². The molecule has 0 saturated carbocycles. The van der Waals surface area contributed by atoms with Crippen molar-refractivity contribution in [2.45, 2.75) is 25.1 Å². The summed E-state index contributed by atoms with van der Waals surface area (Å²) in [6.07, 6.45) is -3.60. The van der Waals surface area contributed by atoms with Crippen LogP contribution in [0.1, 0.15) is 12.0 Å². The Balaban J connectivity index is 2.46. The zero-order valence-electron chi connectivity index (χ0n) is 9.70. The molecule has 0 fully saturated rings. The van der Waals surface area contributed by atoms with Crippen molar-refractivity contribution in [3.05, 3.63) is 35.9 Å². The van der Waals surface area contributed by atoms with Gasteiger partial charge in [0, 0.05) is 0 Å². The molecule has 1 amide bonds. The minimum atomic E-state index is -4.35. The van der Waals surface area contributed by atoms with Crippen LogP contribution < -0.4 is 11.1 Å². The molecule has 0 aliphatic carbocycles. The highest BCUT2D eigenvalue weighted by Gasteiger charge is 2.29. The van der Waals surface area contributed by atoms with E-state index in [4.69, 9.17) is 5.73 Å². The summed E-state index contributed by atoms with van der Waals surface area (Å²) < 4.78 is 36.1. The summed E-state index contributed by atoms with van der Waals surface area (Å²) in [5.41, 5.74) is 6.02. The maximum absolute atomic E-state index is 12.0. The molecule has 1 aromatic rings. The first-order valence-corrected chi connectivity index (χ1v) is 5.52. The van der Waals surface area contributed by atoms with Crippen molar-refractivity contribution in [1.82, 2.24) is 5.32 Å². The number of nitrogens with two attached hydrogens (primary N) is 1. The van der Waals surface area contributed by atoms with E-state index in [1.54, 1.807) is 0 Å². The fourth-order valence-electron chi connectivity index (χ4n) is 1.54. The lowest BCUT2D eigenvalue weighted by Gasteiger charge is -2.16. The first-order chi connectivity index (χ1) is 8.38. The van der Waals surface area contributed by atoms with E-state index in [1.165, 1.54) is 0 Å². The summed E-state index contributed by atoms with van der Waals surface area (Å²) in [7, 11) is 0. The van der Waals surface area contributed by atoms with Crippen LogP contribution >= 0.6 is 0 Å². The summed E-state index contributed by atoms with van der Waals surface area (Å²) in [4.78, 5) is 11.0. The number of amides is 1. The minimum Gasteiger partial charge on any atom is -0.368 e. The topological polar surface area (TPSA) is 55.1 Å². The van der Waals surface area contributed by atoms with E-state index < -0.39 is 24.7 Å². The standard InChI is InChI=1S/C12H15F3N2O/c13-12(14,15)8-17-10(11(16)18)7-6-9-4-2-1-3-5-9/h1-5,10,17H,6-8H2,(H2,16,18). The van der Waals surface area contributed by atoms with Crippen molar-refractivity contribution in [3.63, 3.8) is 0 Å². The van der Waals surface area contributed by atoms with Gasteiger partial charge in [-0.25, -0.2) is 0 Å². The Morgan fingerprint density at radius 2 is 1.89 bits per heavy atom. The van der Waals surface area contributed by atoms with Gasteiger partial charge < -0.3 is 5.73 Å². The number of nitrogens with one attached hydrogen (secondary N) is 1. The number of carbonyl (C=O) groups excluding carboxylic acids is 1. The van der Waals surface area contributed by atoms with E-state index in [0.29, 0.717) is 6.42 Å². The number of carbonyl (C=O) groups is 1. The second-order valence-corrected chi connectivity index (χ2v) is 3.98. The molecule has 1 aromatic carbocycles. The summed E-state index contributed by atoms with van der Waals surface area (Å²) >= 11 is 0. The van der Waals surface area contributed by atoms with E-state index in [9.17, 15) is 18.0 Å². The van der Waals surface area contributed by atoms with E-state index in [0.717, 1.165) is 5.56 Å². The van der Waals surface area contributed by atoms with Crippen LogP contribution in [-0.4, -0.2) is 24.7 Å². The minimum absolute atomic E-state index is 0.245. The van der Waals surface area contributed by atoms with Gasteiger partial charge in [0.05, 0.1) is 12.6 Å². The number of halogens is 3. The molecule has 0 aromatic heterocycles. The molecule has 1 rings (SSSR count). The van der Waals surface area contributed by atoms with Crippen LogP contribution in [0.4, 0.5) is 13.2 Å². The van der Waals surface area contributed by atoms with Crippen molar-refractivity contribution >= 4 is 5.91 Å². The molecule has 18 heavy (non-hydrogen) atoms. The number of benzene rings is 1. The Hall–Kier alpha value is -1.56. The number of rotatable bonds is 6. The molecule has 1 atom stereocenters. The predicted octanol–water partition coefficient (Wildman–Crippen LogP) is 1.62. The highest BCUT2D eigenvalue weighted by Crippen LogP contribution is 2.13. The Morgan fingerprint density at radius 1 is 1.28 bits per heavy atom. The number of aryl methyl sites for hydroxylation is 1. The Morgan fingerprint density at radius 3 is 2.39 bits per heavy atom. The Kier molecular flexibility index (Phi) is 5.15. The van der Waals surface area contributed by atoms with Crippen LogP contribution in [-0.2, 0) is 11.2 Å².